The molecule has 5 nitrogen and oxygen atoms in total. The van der Waals surface area contributed by atoms with Crippen molar-refractivity contribution in [3.05, 3.63) is 34.5 Å². The van der Waals surface area contributed by atoms with Crippen molar-refractivity contribution < 1.29 is 4.74 Å². The van der Waals surface area contributed by atoms with Gasteiger partial charge in [-0.25, -0.2) is 14.5 Å². The van der Waals surface area contributed by atoms with Crippen molar-refractivity contribution in [3.8, 4) is 11.4 Å². The molecular formula is C17H23N3O2S. The summed E-state index contributed by atoms with van der Waals surface area (Å²) < 4.78 is 7.50. The Bertz CT molecular complexity index is 708. The van der Waals surface area contributed by atoms with E-state index in [2.05, 4.69) is 17.1 Å². The summed E-state index contributed by atoms with van der Waals surface area (Å²) in [7, 11) is 0. The molecule has 0 bridgehead atoms. The van der Waals surface area contributed by atoms with Crippen molar-refractivity contribution in [2.24, 2.45) is 0 Å². The van der Waals surface area contributed by atoms with Gasteiger partial charge in [-0.15, -0.1) is 11.8 Å². The van der Waals surface area contributed by atoms with E-state index in [4.69, 9.17) is 4.74 Å². The zero-order chi connectivity index (χ0) is 16.1. The molecule has 23 heavy (non-hydrogen) atoms. The Kier molecular flexibility index (Phi) is 5.43. The van der Waals surface area contributed by atoms with Crippen molar-refractivity contribution >= 4 is 11.8 Å². The number of benzene rings is 1. The summed E-state index contributed by atoms with van der Waals surface area (Å²) in [4.78, 5) is 12.9. The van der Waals surface area contributed by atoms with Crippen LogP contribution in [0.25, 0.3) is 5.69 Å². The maximum atomic E-state index is 11.8. The van der Waals surface area contributed by atoms with Crippen LogP contribution < -0.4 is 10.4 Å². The van der Waals surface area contributed by atoms with Crippen molar-refractivity contribution in [1.29, 1.82) is 0 Å². The Hall–Kier alpha value is -1.69. The van der Waals surface area contributed by atoms with Crippen LogP contribution in [0.5, 0.6) is 5.75 Å². The minimum Gasteiger partial charge on any atom is -0.494 e. The summed E-state index contributed by atoms with van der Waals surface area (Å²) in [5, 5.41) is 6.55. The van der Waals surface area contributed by atoms with Gasteiger partial charge in [0.25, 0.3) is 0 Å². The third-order valence-corrected chi connectivity index (χ3v) is 5.08. The number of hydrogen-bond donors (Lipinski definition) is 1. The van der Waals surface area contributed by atoms with Crippen LogP contribution in [0.2, 0.25) is 0 Å². The van der Waals surface area contributed by atoms with Gasteiger partial charge in [-0.2, -0.15) is 5.10 Å². The van der Waals surface area contributed by atoms with Gasteiger partial charge in [0.05, 0.1) is 18.0 Å². The molecule has 1 aliphatic heterocycles. The average molecular weight is 333 g/mol. The number of H-pyrrole nitrogens is 1. The SMILES string of the molecule is CCCCCCCCOc1ccc2c(c1)SCc1n[nH]c(=O)n1-2. The van der Waals surface area contributed by atoms with Gasteiger partial charge in [0.1, 0.15) is 11.6 Å². The first kappa shape index (κ1) is 16.2. The smallest absolute Gasteiger partial charge is 0.348 e. The quantitative estimate of drug-likeness (QED) is 0.744. The van der Waals surface area contributed by atoms with Crippen LogP contribution in [0.4, 0.5) is 0 Å². The molecule has 0 fully saturated rings. The largest absolute Gasteiger partial charge is 0.494 e. The number of ether oxygens (including phenoxy) is 1. The molecule has 124 valence electrons. The second kappa shape index (κ2) is 7.73. The van der Waals surface area contributed by atoms with E-state index in [1.165, 1.54) is 32.1 Å². The zero-order valence-electron chi connectivity index (χ0n) is 13.5. The summed E-state index contributed by atoms with van der Waals surface area (Å²) in [6, 6.07) is 5.91. The first-order valence-corrected chi connectivity index (χ1v) is 9.34. The highest BCUT2D eigenvalue weighted by molar-refractivity contribution is 7.98. The number of fused-ring (bicyclic) bond motifs is 3. The Morgan fingerprint density at radius 3 is 2.96 bits per heavy atom. The number of rotatable bonds is 8. The molecule has 2 heterocycles. The van der Waals surface area contributed by atoms with Crippen LogP contribution in [0.1, 0.15) is 51.3 Å². The lowest BCUT2D eigenvalue weighted by atomic mass is 10.1. The van der Waals surface area contributed by atoms with E-state index in [1.54, 1.807) is 16.3 Å². The molecule has 0 spiro atoms. The monoisotopic (exact) mass is 333 g/mol. The van der Waals surface area contributed by atoms with Crippen LogP contribution in [-0.4, -0.2) is 21.4 Å². The second-order valence-corrected chi connectivity index (χ2v) is 6.83. The van der Waals surface area contributed by atoms with E-state index in [-0.39, 0.29) is 5.69 Å². The number of nitrogens with one attached hydrogen (secondary N) is 1. The molecule has 6 heteroatoms. The van der Waals surface area contributed by atoms with E-state index >= 15 is 0 Å². The molecule has 0 aliphatic carbocycles. The Balaban J connectivity index is 1.56. The standard InChI is InChI=1S/C17H23N3O2S/c1-2-3-4-5-6-7-10-22-13-8-9-14-15(11-13)23-12-16-18-19-17(21)20(14)16/h8-9,11H,2-7,10,12H2,1H3,(H,19,21). The minimum absolute atomic E-state index is 0.178. The maximum Gasteiger partial charge on any atom is 0.348 e. The van der Waals surface area contributed by atoms with Crippen molar-refractivity contribution in [1.82, 2.24) is 14.8 Å². The Morgan fingerprint density at radius 2 is 2.09 bits per heavy atom. The first-order chi connectivity index (χ1) is 11.3. The number of nitrogens with zero attached hydrogens (tertiary/aromatic N) is 2. The fraction of sp³-hybridized carbons (Fsp3) is 0.529. The van der Waals surface area contributed by atoms with Gasteiger partial charge in [-0.1, -0.05) is 39.0 Å². The van der Waals surface area contributed by atoms with Crippen LogP contribution >= 0.6 is 11.8 Å². The molecule has 0 unspecified atom stereocenters. The molecule has 1 aliphatic rings. The van der Waals surface area contributed by atoms with Gasteiger partial charge in [-0.05, 0) is 24.6 Å². The lowest BCUT2D eigenvalue weighted by Gasteiger charge is -2.17. The number of thioether (sulfide) groups is 1. The highest BCUT2D eigenvalue weighted by Crippen LogP contribution is 2.35. The number of aromatic amines is 1. The lowest BCUT2D eigenvalue weighted by molar-refractivity contribution is 0.303. The Morgan fingerprint density at radius 1 is 1.26 bits per heavy atom. The van der Waals surface area contributed by atoms with Gasteiger partial charge >= 0.3 is 5.69 Å². The predicted molar refractivity (Wildman–Crippen MR) is 92.6 cm³/mol. The molecule has 0 amide bonds. The number of unbranched alkanes of at least 4 members (excludes halogenated alkanes) is 5. The van der Waals surface area contributed by atoms with E-state index in [0.717, 1.165) is 35.2 Å². The molecular weight excluding hydrogens is 310 g/mol. The summed E-state index contributed by atoms with van der Waals surface area (Å²) in [5.41, 5.74) is 0.712. The minimum atomic E-state index is -0.178. The predicted octanol–water partition coefficient (Wildman–Crippen LogP) is 3.91. The highest BCUT2D eigenvalue weighted by atomic mass is 32.2. The summed E-state index contributed by atoms with van der Waals surface area (Å²) in [6.45, 7) is 2.99. The molecule has 1 N–H and O–H groups in total. The zero-order valence-corrected chi connectivity index (χ0v) is 14.3. The van der Waals surface area contributed by atoms with E-state index in [0.29, 0.717) is 5.75 Å². The number of hydrogen-bond acceptors (Lipinski definition) is 4. The van der Waals surface area contributed by atoms with Crippen LogP contribution in [-0.2, 0) is 5.75 Å². The van der Waals surface area contributed by atoms with Crippen molar-refractivity contribution in [2.75, 3.05) is 6.61 Å². The van der Waals surface area contributed by atoms with Gasteiger partial charge < -0.3 is 4.74 Å². The lowest BCUT2D eigenvalue weighted by Crippen LogP contribution is -2.19. The molecule has 2 aromatic rings. The molecule has 1 aromatic heterocycles. The number of aromatic nitrogens is 3. The van der Waals surface area contributed by atoms with Crippen LogP contribution in [0.3, 0.4) is 0 Å². The van der Waals surface area contributed by atoms with Crippen molar-refractivity contribution in [3.63, 3.8) is 0 Å². The van der Waals surface area contributed by atoms with E-state index in [9.17, 15) is 4.79 Å². The fourth-order valence-electron chi connectivity index (χ4n) is 2.77. The maximum absolute atomic E-state index is 11.8. The average Bonchev–Trinajstić information content (AvgIpc) is 2.95. The van der Waals surface area contributed by atoms with Crippen molar-refractivity contribution in [2.45, 2.75) is 56.1 Å². The topological polar surface area (TPSA) is 59.9 Å². The van der Waals surface area contributed by atoms with E-state index < -0.39 is 0 Å². The summed E-state index contributed by atoms with van der Waals surface area (Å²) in [6.07, 6.45) is 7.56. The Labute approximate surface area is 140 Å². The van der Waals surface area contributed by atoms with Crippen LogP contribution in [0.15, 0.2) is 27.9 Å². The normalized spacial score (nSPS) is 12.7. The molecule has 3 rings (SSSR count). The third-order valence-electron chi connectivity index (χ3n) is 4.04. The molecule has 1 aromatic carbocycles. The van der Waals surface area contributed by atoms with Gasteiger partial charge in [-0.3, -0.25) is 0 Å². The summed E-state index contributed by atoms with van der Waals surface area (Å²) in [5.74, 6) is 2.35. The summed E-state index contributed by atoms with van der Waals surface area (Å²) >= 11 is 1.69. The van der Waals surface area contributed by atoms with Gasteiger partial charge in [0, 0.05) is 4.90 Å². The molecule has 0 saturated heterocycles. The third kappa shape index (κ3) is 3.80. The van der Waals surface area contributed by atoms with Crippen LogP contribution in [0, 0.1) is 0 Å². The highest BCUT2D eigenvalue weighted by Gasteiger charge is 2.20. The van der Waals surface area contributed by atoms with Gasteiger partial charge in [0.15, 0.2) is 0 Å². The second-order valence-electron chi connectivity index (χ2n) is 5.81. The molecule has 0 atom stereocenters. The molecule has 0 radical (unpaired) electrons. The van der Waals surface area contributed by atoms with Gasteiger partial charge in [0.2, 0.25) is 0 Å². The fourth-order valence-corrected chi connectivity index (χ4v) is 3.76. The van der Waals surface area contributed by atoms with E-state index in [1.807, 2.05) is 18.2 Å². The molecule has 0 saturated carbocycles. The first-order valence-electron chi connectivity index (χ1n) is 8.36.